The smallest absolute Gasteiger partial charge is 0.246 e. The highest BCUT2D eigenvalue weighted by Gasteiger charge is 2.40. The van der Waals surface area contributed by atoms with Gasteiger partial charge in [0.05, 0.1) is 6.42 Å². The van der Waals surface area contributed by atoms with E-state index in [0.717, 1.165) is 16.0 Å². The van der Waals surface area contributed by atoms with Crippen molar-refractivity contribution < 1.29 is 19.5 Å². The lowest BCUT2D eigenvalue weighted by atomic mass is 10.0. The monoisotopic (exact) mass is 491 g/mol. The molecule has 2 aromatic carbocycles. The molecule has 1 aromatic heterocycles. The average molecular weight is 492 g/mol. The number of nitrogens with one attached hydrogen (secondary N) is 1. The number of piperazine rings is 1. The molecule has 3 amide bonds. The first-order valence-electron chi connectivity index (χ1n) is 11.7. The maximum absolute atomic E-state index is 13.4. The predicted molar refractivity (Wildman–Crippen MR) is 135 cm³/mol. The van der Waals surface area contributed by atoms with Gasteiger partial charge in [-0.1, -0.05) is 48.5 Å². The van der Waals surface area contributed by atoms with Gasteiger partial charge in [-0.05, 0) is 47.5 Å². The summed E-state index contributed by atoms with van der Waals surface area (Å²) in [5.41, 5.74) is 1.93. The second-order valence-electron chi connectivity index (χ2n) is 8.58. The summed E-state index contributed by atoms with van der Waals surface area (Å²) >= 11 is 1.61. The van der Waals surface area contributed by atoms with Gasteiger partial charge >= 0.3 is 0 Å². The Morgan fingerprint density at radius 2 is 1.74 bits per heavy atom. The molecule has 1 atom stereocenters. The molecule has 1 aliphatic rings. The van der Waals surface area contributed by atoms with E-state index >= 15 is 0 Å². The van der Waals surface area contributed by atoms with Gasteiger partial charge in [0.2, 0.25) is 17.7 Å². The maximum atomic E-state index is 13.4. The molecule has 2 N–H and O–H groups in total. The van der Waals surface area contributed by atoms with Crippen LogP contribution in [0.25, 0.3) is 0 Å². The number of rotatable bonds is 10. The van der Waals surface area contributed by atoms with Crippen molar-refractivity contribution >= 4 is 29.1 Å². The fourth-order valence-electron chi connectivity index (χ4n) is 4.21. The molecule has 0 bridgehead atoms. The van der Waals surface area contributed by atoms with Crippen molar-refractivity contribution in [3.63, 3.8) is 0 Å². The first kappa shape index (κ1) is 24.5. The molecule has 0 saturated carbocycles. The van der Waals surface area contributed by atoms with Gasteiger partial charge in [0, 0.05) is 24.5 Å². The van der Waals surface area contributed by atoms with Crippen molar-refractivity contribution in [2.45, 2.75) is 31.8 Å². The number of nitrogens with zero attached hydrogens (tertiary/aromatic N) is 2. The highest BCUT2D eigenvalue weighted by atomic mass is 32.1. The van der Waals surface area contributed by atoms with E-state index in [-0.39, 0.29) is 36.4 Å². The summed E-state index contributed by atoms with van der Waals surface area (Å²) in [5.74, 6) is -0.411. The Kier molecular flexibility index (Phi) is 8.15. The average Bonchev–Trinajstić information content (AvgIpc) is 3.37. The normalized spacial score (nSPS) is 15.9. The third-order valence-electron chi connectivity index (χ3n) is 6.07. The quantitative estimate of drug-likeness (QED) is 0.456. The van der Waals surface area contributed by atoms with Crippen LogP contribution in [-0.2, 0) is 33.8 Å². The summed E-state index contributed by atoms with van der Waals surface area (Å²) in [4.78, 5) is 43.6. The molecular weight excluding hydrogens is 462 g/mol. The molecule has 4 rings (SSSR count). The molecule has 3 aromatic rings. The molecule has 7 nitrogen and oxygen atoms in total. The van der Waals surface area contributed by atoms with Crippen LogP contribution in [0.3, 0.4) is 0 Å². The molecule has 1 aliphatic heterocycles. The van der Waals surface area contributed by atoms with Crippen LogP contribution in [-0.4, -0.2) is 58.3 Å². The lowest BCUT2D eigenvalue weighted by molar-refractivity contribution is -0.157. The Hall–Kier alpha value is -3.65. The van der Waals surface area contributed by atoms with Crippen LogP contribution >= 0.6 is 11.3 Å². The zero-order valence-electron chi connectivity index (χ0n) is 19.4. The van der Waals surface area contributed by atoms with E-state index in [1.54, 1.807) is 45.4 Å². The fraction of sp³-hybridized carbons (Fsp3) is 0.296. The Morgan fingerprint density at radius 3 is 2.46 bits per heavy atom. The number of benzene rings is 2. The standard InChI is InChI=1S/C27H29N3O4S/c31-22-10-8-20(9-11-22)12-14-28-25(32)17-24-27(34)29(18-21-5-2-1-3-6-21)19-26(33)30(24)15-13-23-7-4-16-35-23/h1-11,16,24,31H,12-15,17-19H2,(H,28,32). The van der Waals surface area contributed by atoms with Crippen molar-refractivity contribution in [1.29, 1.82) is 0 Å². The van der Waals surface area contributed by atoms with E-state index in [2.05, 4.69) is 5.32 Å². The second kappa shape index (κ2) is 11.7. The maximum Gasteiger partial charge on any atom is 0.246 e. The van der Waals surface area contributed by atoms with E-state index in [1.807, 2.05) is 47.8 Å². The Labute approximate surface area is 209 Å². The molecule has 35 heavy (non-hydrogen) atoms. The number of aromatic hydroxyl groups is 1. The molecular formula is C27H29N3O4S. The minimum atomic E-state index is -0.825. The summed E-state index contributed by atoms with van der Waals surface area (Å²) in [7, 11) is 0. The third kappa shape index (κ3) is 6.70. The number of amides is 3. The van der Waals surface area contributed by atoms with Crippen LogP contribution in [0.1, 0.15) is 22.4 Å². The molecule has 1 saturated heterocycles. The van der Waals surface area contributed by atoms with Gasteiger partial charge in [0.15, 0.2) is 0 Å². The molecule has 182 valence electrons. The van der Waals surface area contributed by atoms with Crippen LogP contribution in [0.4, 0.5) is 0 Å². The molecule has 0 aliphatic carbocycles. The van der Waals surface area contributed by atoms with Crippen LogP contribution in [0.2, 0.25) is 0 Å². The van der Waals surface area contributed by atoms with Crippen LogP contribution < -0.4 is 5.32 Å². The summed E-state index contributed by atoms with van der Waals surface area (Å²) in [6, 6.07) is 19.5. The lowest BCUT2D eigenvalue weighted by Crippen LogP contribution is -2.60. The van der Waals surface area contributed by atoms with E-state index in [4.69, 9.17) is 0 Å². The van der Waals surface area contributed by atoms with Crippen molar-refractivity contribution in [3.8, 4) is 5.75 Å². The van der Waals surface area contributed by atoms with Gasteiger partial charge in [-0.25, -0.2) is 0 Å². The summed E-state index contributed by atoms with van der Waals surface area (Å²) in [6.45, 7) is 1.15. The van der Waals surface area contributed by atoms with E-state index < -0.39 is 6.04 Å². The number of phenols is 1. The van der Waals surface area contributed by atoms with Gasteiger partial charge in [-0.3, -0.25) is 14.4 Å². The Bertz CT molecular complexity index is 1130. The Morgan fingerprint density at radius 1 is 0.971 bits per heavy atom. The summed E-state index contributed by atoms with van der Waals surface area (Å²) in [6.07, 6.45) is 1.18. The van der Waals surface area contributed by atoms with Crippen LogP contribution in [0, 0.1) is 0 Å². The molecule has 8 heteroatoms. The summed E-state index contributed by atoms with van der Waals surface area (Å²) < 4.78 is 0. The third-order valence-corrected chi connectivity index (χ3v) is 7.00. The predicted octanol–water partition coefficient (Wildman–Crippen LogP) is 2.98. The number of phenolic OH excluding ortho intramolecular Hbond substituents is 1. The number of thiophene rings is 1. The zero-order valence-corrected chi connectivity index (χ0v) is 20.2. The molecule has 2 heterocycles. The fourth-order valence-corrected chi connectivity index (χ4v) is 4.91. The van der Waals surface area contributed by atoms with Crippen LogP contribution in [0.5, 0.6) is 5.75 Å². The van der Waals surface area contributed by atoms with E-state index in [1.165, 1.54) is 0 Å². The molecule has 1 unspecified atom stereocenters. The van der Waals surface area contributed by atoms with Crippen molar-refractivity contribution in [2.24, 2.45) is 0 Å². The second-order valence-corrected chi connectivity index (χ2v) is 9.61. The number of hydrogen-bond acceptors (Lipinski definition) is 5. The molecule has 1 fully saturated rings. The molecule has 0 spiro atoms. The minimum absolute atomic E-state index is 0.0111. The largest absolute Gasteiger partial charge is 0.508 e. The van der Waals surface area contributed by atoms with Gasteiger partial charge < -0.3 is 20.2 Å². The van der Waals surface area contributed by atoms with Crippen molar-refractivity contribution in [3.05, 3.63) is 88.1 Å². The highest BCUT2D eigenvalue weighted by Crippen LogP contribution is 2.20. The topological polar surface area (TPSA) is 90.0 Å². The molecule has 0 radical (unpaired) electrons. The van der Waals surface area contributed by atoms with Crippen molar-refractivity contribution in [2.75, 3.05) is 19.6 Å². The van der Waals surface area contributed by atoms with E-state index in [0.29, 0.717) is 32.5 Å². The first-order valence-corrected chi connectivity index (χ1v) is 12.6. The first-order chi connectivity index (χ1) is 17.0. The number of carbonyl (C=O) groups excluding carboxylic acids is 3. The van der Waals surface area contributed by atoms with Gasteiger partial charge in [0.1, 0.15) is 18.3 Å². The zero-order chi connectivity index (χ0) is 24.6. The van der Waals surface area contributed by atoms with Gasteiger partial charge in [-0.2, -0.15) is 0 Å². The summed E-state index contributed by atoms with van der Waals surface area (Å²) in [5, 5.41) is 14.3. The lowest BCUT2D eigenvalue weighted by Gasteiger charge is -2.40. The van der Waals surface area contributed by atoms with Gasteiger partial charge in [-0.15, -0.1) is 11.3 Å². The SMILES string of the molecule is O=C(CC1C(=O)N(Cc2ccccc2)CC(=O)N1CCc1cccs1)NCCc1ccc(O)cc1. The van der Waals surface area contributed by atoms with Gasteiger partial charge in [0.25, 0.3) is 0 Å². The number of hydrogen-bond donors (Lipinski definition) is 2. The minimum Gasteiger partial charge on any atom is -0.508 e. The highest BCUT2D eigenvalue weighted by molar-refractivity contribution is 7.09. The van der Waals surface area contributed by atoms with E-state index in [9.17, 15) is 19.5 Å². The Balaban J connectivity index is 1.41. The van der Waals surface area contributed by atoms with Crippen LogP contribution in [0.15, 0.2) is 72.1 Å². The van der Waals surface area contributed by atoms with Crippen molar-refractivity contribution in [1.82, 2.24) is 15.1 Å². The number of carbonyl (C=O) groups is 3.